The molecule has 1 aliphatic rings. The van der Waals surface area contributed by atoms with Crippen LogP contribution in [-0.4, -0.2) is 24.4 Å². The first-order valence-electron chi connectivity index (χ1n) is 11.4. The molecule has 6 heteroatoms. The third kappa shape index (κ3) is 6.63. The van der Waals surface area contributed by atoms with Gasteiger partial charge in [-0.15, -0.1) is 0 Å². The van der Waals surface area contributed by atoms with Gasteiger partial charge in [-0.3, -0.25) is 9.59 Å². The summed E-state index contributed by atoms with van der Waals surface area (Å²) < 4.78 is 11.2. The molecule has 32 heavy (non-hydrogen) atoms. The van der Waals surface area contributed by atoms with Gasteiger partial charge in [0.05, 0.1) is 23.8 Å². The van der Waals surface area contributed by atoms with Gasteiger partial charge in [-0.25, -0.2) is 4.90 Å². The van der Waals surface area contributed by atoms with Crippen molar-refractivity contribution in [2.45, 2.75) is 52.4 Å². The molecule has 3 rings (SSSR count). The van der Waals surface area contributed by atoms with E-state index in [0.717, 1.165) is 29.5 Å². The molecule has 0 unspecified atom stereocenters. The van der Waals surface area contributed by atoms with E-state index in [1.165, 1.54) is 37.0 Å². The van der Waals surface area contributed by atoms with Gasteiger partial charge < -0.3 is 9.47 Å². The van der Waals surface area contributed by atoms with E-state index < -0.39 is 0 Å². The highest BCUT2D eigenvalue weighted by Gasteiger charge is 2.36. The molecule has 0 aliphatic carbocycles. The lowest BCUT2D eigenvalue weighted by Gasteiger charge is -2.13. The highest BCUT2D eigenvalue weighted by molar-refractivity contribution is 8.19. The second kappa shape index (κ2) is 12.3. The van der Waals surface area contributed by atoms with Crippen LogP contribution in [0, 0.1) is 0 Å². The molecule has 0 N–H and O–H groups in total. The molecule has 1 saturated heterocycles. The van der Waals surface area contributed by atoms with Crippen LogP contribution in [0.3, 0.4) is 0 Å². The van der Waals surface area contributed by atoms with Crippen LogP contribution in [0.15, 0.2) is 53.4 Å². The highest BCUT2D eigenvalue weighted by Crippen LogP contribution is 2.36. The number of carbonyl (C=O) groups is 2. The number of imide groups is 1. The number of anilines is 1. The Morgan fingerprint density at radius 3 is 2.12 bits per heavy atom. The standard InChI is InChI=1S/C26H31NO4S/c1-3-5-6-7-8-9-18-31-23-14-10-20(11-15-23)19-24-25(28)27(26(29)32-24)21-12-16-22(17-13-21)30-4-2/h10-17,19H,3-9,18H2,1-2H3. The molecule has 5 nitrogen and oxygen atoms in total. The van der Waals surface area contributed by atoms with Crippen molar-refractivity contribution in [1.82, 2.24) is 0 Å². The Morgan fingerprint density at radius 2 is 1.44 bits per heavy atom. The summed E-state index contributed by atoms with van der Waals surface area (Å²) in [5.41, 5.74) is 1.40. The highest BCUT2D eigenvalue weighted by atomic mass is 32.2. The van der Waals surface area contributed by atoms with Crippen LogP contribution in [0.25, 0.3) is 6.08 Å². The van der Waals surface area contributed by atoms with Crippen molar-refractivity contribution < 1.29 is 19.1 Å². The number of hydrogen-bond donors (Lipinski definition) is 0. The lowest BCUT2D eigenvalue weighted by atomic mass is 10.1. The summed E-state index contributed by atoms with van der Waals surface area (Å²) in [6, 6.07) is 14.6. The second-order valence-corrected chi connectivity index (χ2v) is 8.62. The van der Waals surface area contributed by atoms with Crippen molar-refractivity contribution in [2.75, 3.05) is 18.1 Å². The summed E-state index contributed by atoms with van der Waals surface area (Å²) >= 11 is 0.951. The molecule has 1 aliphatic heterocycles. The maximum absolute atomic E-state index is 12.8. The van der Waals surface area contributed by atoms with Crippen molar-refractivity contribution in [2.24, 2.45) is 0 Å². The van der Waals surface area contributed by atoms with Crippen LogP contribution in [0.2, 0.25) is 0 Å². The van der Waals surface area contributed by atoms with Gasteiger partial charge in [0.1, 0.15) is 11.5 Å². The van der Waals surface area contributed by atoms with Crippen molar-refractivity contribution in [1.29, 1.82) is 0 Å². The van der Waals surface area contributed by atoms with Gasteiger partial charge in [-0.2, -0.15) is 0 Å². The van der Waals surface area contributed by atoms with Gasteiger partial charge in [0.15, 0.2) is 0 Å². The Balaban J connectivity index is 1.55. The molecule has 1 fully saturated rings. The van der Waals surface area contributed by atoms with E-state index in [1.54, 1.807) is 30.3 Å². The topological polar surface area (TPSA) is 55.8 Å². The molecule has 0 saturated carbocycles. The predicted octanol–water partition coefficient (Wildman–Crippen LogP) is 7.07. The Morgan fingerprint density at radius 1 is 0.812 bits per heavy atom. The first-order chi connectivity index (χ1) is 15.6. The zero-order valence-corrected chi connectivity index (χ0v) is 19.7. The molecule has 0 spiro atoms. The summed E-state index contributed by atoms with van der Waals surface area (Å²) in [6.07, 6.45) is 9.14. The monoisotopic (exact) mass is 453 g/mol. The molecule has 2 aromatic rings. The second-order valence-electron chi connectivity index (χ2n) is 7.63. The molecule has 2 aromatic carbocycles. The van der Waals surface area contributed by atoms with Gasteiger partial charge in [-0.1, -0.05) is 51.2 Å². The Labute approximate surface area is 194 Å². The van der Waals surface area contributed by atoms with Crippen LogP contribution in [0.4, 0.5) is 10.5 Å². The zero-order chi connectivity index (χ0) is 22.8. The minimum atomic E-state index is -0.312. The molecule has 1 heterocycles. The fraction of sp³-hybridized carbons (Fsp3) is 0.385. The maximum Gasteiger partial charge on any atom is 0.298 e. The molecular formula is C26H31NO4S. The molecule has 0 atom stereocenters. The minimum Gasteiger partial charge on any atom is -0.494 e. The van der Waals surface area contributed by atoms with Crippen molar-refractivity contribution in [3.63, 3.8) is 0 Å². The summed E-state index contributed by atoms with van der Waals surface area (Å²) in [6.45, 7) is 5.40. The first kappa shape index (κ1) is 23.9. The molecular weight excluding hydrogens is 422 g/mol. The van der Waals surface area contributed by atoms with Crippen LogP contribution in [0.1, 0.15) is 57.9 Å². The van der Waals surface area contributed by atoms with Gasteiger partial charge in [0.2, 0.25) is 0 Å². The average molecular weight is 454 g/mol. The number of thioether (sulfide) groups is 1. The predicted molar refractivity (Wildman–Crippen MR) is 131 cm³/mol. The molecule has 0 aromatic heterocycles. The summed E-state index contributed by atoms with van der Waals surface area (Å²) in [4.78, 5) is 26.9. The van der Waals surface area contributed by atoms with Crippen molar-refractivity contribution in [3.8, 4) is 11.5 Å². The summed E-state index contributed by atoms with van der Waals surface area (Å²) in [7, 11) is 0. The van der Waals surface area contributed by atoms with Gasteiger partial charge in [0.25, 0.3) is 11.1 Å². The molecule has 170 valence electrons. The van der Waals surface area contributed by atoms with E-state index >= 15 is 0 Å². The molecule has 0 bridgehead atoms. The van der Waals surface area contributed by atoms with Crippen LogP contribution in [0.5, 0.6) is 11.5 Å². The van der Waals surface area contributed by atoms with Gasteiger partial charge >= 0.3 is 0 Å². The molecule has 2 amide bonds. The maximum atomic E-state index is 12.8. The summed E-state index contributed by atoms with van der Waals surface area (Å²) in [5.74, 6) is 1.21. The van der Waals surface area contributed by atoms with E-state index in [1.807, 2.05) is 31.2 Å². The Kier molecular flexibility index (Phi) is 9.23. The number of nitrogens with zero attached hydrogens (tertiary/aromatic N) is 1. The quantitative estimate of drug-likeness (QED) is 0.254. The van der Waals surface area contributed by atoms with E-state index in [0.29, 0.717) is 29.6 Å². The fourth-order valence-electron chi connectivity index (χ4n) is 3.43. The normalized spacial score (nSPS) is 14.9. The van der Waals surface area contributed by atoms with Crippen LogP contribution >= 0.6 is 11.8 Å². The minimum absolute atomic E-state index is 0.302. The average Bonchev–Trinajstić information content (AvgIpc) is 3.08. The van der Waals surface area contributed by atoms with E-state index in [2.05, 4.69) is 6.92 Å². The Bertz CT molecular complexity index is 922. The largest absolute Gasteiger partial charge is 0.494 e. The third-order valence-electron chi connectivity index (χ3n) is 5.14. The number of carbonyl (C=O) groups excluding carboxylic acids is 2. The SMILES string of the molecule is CCCCCCCCOc1ccc(C=C2SC(=O)N(c3ccc(OCC)cc3)C2=O)cc1. The number of rotatable bonds is 12. The van der Waals surface area contributed by atoms with Crippen molar-refractivity contribution >= 4 is 34.7 Å². The van der Waals surface area contributed by atoms with Gasteiger partial charge in [-0.05, 0) is 73.1 Å². The van der Waals surface area contributed by atoms with Crippen LogP contribution in [-0.2, 0) is 4.79 Å². The number of benzene rings is 2. The summed E-state index contributed by atoms with van der Waals surface area (Å²) in [5, 5.41) is -0.302. The number of hydrogen-bond acceptors (Lipinski definition) is 5. The zero-order valence-electron chi connectivity index (χ0n) is 18.8. The smallest absolute Gasteiger partial charge is 0.298 e. The lowest BCUT2D eigenvalue weighted by Crippen LogP contribution is -2.27. The van der Waals surface area contributed by atoms with Crippen molar-refractivity contribution in [3.05, 3.63) is 59.0 Å². The van der Waals surface area contributed by atoms with E-state index in [9.17, 15) is 9.59 Å². The van der Waals surface area contributed by atoms with Crippen LogP contribution < -0.4 is 14.4 Å². The number of ether oxygens (including phenoxy) is 2. The lowest BCUT2D eigenvalue weighted by molar-refractivity contribution is -0.113. The first-order valence-corrected chi connectivity index (χ1v) is 12.2. The fourth-order valence-corrected chi connectivity index (χ4v) is 4.27. The van der Waals surface area contributed by atoms with E-state index in [-0.39, 0.29) is 11.1 Å². The third-order valence-corrected chi connectivity index (χ3v) is 6.01. The van der Waals surface area contributed by atoms with Gasteiger partial charge in [0, 0.05) is 0 Å². The number of amides is 2. The molecule has 0 radical (unpaired) electrons. The number of unbranched alkanes of at least 4 members (excludes halogenated alkanes) is 5. The van der Waals surface area contributed by atoms with E-state index in [4.69, 9.17) is 9.47 Å². The Hall–Kier alpha value is -2.73.